The summed E-state index contributed by atoms with van der Waals surface area (Å²) in [5.74, 6) is 8.01. The molecule has 0 saturated carbocycles. The van der Waals surface area contributed by atoms with Crippen molar-refractivity contribution in [2.45, 2.75) is 64.5 Å². The van der Waals surface area contributed by atoms with Crippen molar-refractivity contribution >= 4 is 8.07 Å². The molecule has 0 aliphatic heterocycles. The van der Waals surface area contributed by atoms with Crippen LogP contribution in [0.5, 0.6) is 0 Å². The molecule has 0 unspecified atom stereocenters. The predicted octanol–water partition coefficient (Wildman–Crippen LogP) is 3.83. The SMILES string of the molecule is C#CCOC(C#C[Si](C(C)C)(C(C)C)C(C)C)OCC#C. The maximum atomic E-state index is 5.42. The number of hydrogen-bond donors (Lipinski definition) is 0. The van der Waals surface area contributed by atoms with Crippen molar-refractivity contribution in [3.05, 3.63) is 0 Å². The molecule has 0 amide bonds. The van der Waals surface area contributed by atoms with E-state index in [-0.39, 0.29) is 13.2 Å². The zero-order valence-corrected chi connectivity index (χ0v) is 15.2. The molecule has 21 heavy (non-hydrogen) atoms. The second-order valence-electron chi connectivity index (χ2n) is 6.03. The lowest BCUT2D eigenvalue weighted by molar-refractivity contribution is -0.0835. The van der Waals surface area contributed by atoms with Gasteiger partial charge in [-0.2, -0.15) is 0 Å². The van der Waals surface area contributed by atoms with Crippen LogP contribution in [-0.4, -0.2) is 27.6 Å². The molecule has 0 atom stereocenters. The van der Waals surface area contributed by atoms with Gasteiger partial charge in [0.25, 0.3) is 0 Å². The standard InChI is InChI=1S/C18H28O2Si/c1-9-12-19-18(20-13-10-2)11-14-21(15(3)4,16(5)6)17(7)8/h1-2,15-18H,12-13H2,3-8H3. The number of hydrogen-bond acceptors (Lipinski definition) is 2. The summed E-state index contributed by atoms with van der Waals surface area (Å²) in [5, 5.41) is 0. The van der Waals surface area contributed by atoms with Gasteiger partial charge < -0.3 is 9.47 Å². The highest BCUT2D eigenvalue weighted by molar-refractivity contribution is 6.90. The topological polar surface area (TPSA) is 18.5 Å². The van der Waals surface area contributed by atoms with E-state index in [2.05, 4.69) is 64.8 Å². The van der Waals surface area contributed by atoms with Crippen LogP contribution >= 0.6 is 0 Å². The van der Waals surface area contributed by atoms with Crippen molar-refractivity contribution in [1.29, 1.82) is 0 Å². The molecule has 0 saturated heterocycles. The highest BCUT2D eigenvalue weighted by Gasteiger charge is 2.41. The summed E-state index contributed by atoms with van der Waals surface area (Å²) in [6, 6.07) is 0. The fourth-order valence-corrected chi connectivity index (χ4v) is 8.23. The van der Waals surface area contributed by atoms with Crippen LogP contribution in [0.3, 0.4) is 0 Å². The Morgan fingerprint density at radius 3 is 1.48 bits per heavy atom. The Labute approximate surface area is 132 Å². The van der Waals surface area contributed by atoms with E-state index in [4.69, 9.17) is 22.3 Å². The molecule has 0 aliphatic rings. The van der Waals surface area contributed by atoms with Crippen molar-refractivity contribution in [2.24, 2.45) is 0 Å². The first-order valence-electron chi connectivity index (χ1n) is 7.45. The van der Waals surface area contributed by atoms with E-state index in [9.17, 15) is 0 Å². The number of rotatable bonds is 7. The van der Waals surface area contributed by atoms with Gasteiger partial charge in [0.05, 0.1) is 0 Å². The minimum absolute atomic E-state index is 0.170. The lowest BCUT2D eigenvalue weighted by atomic mass is 10.5. The van der Waals surface area contributed by atoms with Crippen LogP contribution in [0, 0.1) is 36.2 Å². The highest BCUT2D eigenvalue weighted by Crippen LogP contribution is 2.40. The van der Waals surface area contributed by atoms with Crippen LogP contribution in [0.15, 0.2) is 0 Å². The van der Waals surface area contributed by atoms with Crippen molar-refractivity contribution in [3.8, 4) is 36.2 Å². The molecule has 0 N–H and O–H groups in total. The molecule has 0 aromatic carbocycles. The van der Waals surface area contributed by atoms with E-state index in [0.717, 1.165) is 0 Å². The van der Waals surface area contributed by atoms with Crippen molar-refractivity contribution in [1.82, 2.24) is 0 Å². The van der Waals surface area contributed by atoms with Crippen molar-refractivity contribution in [2.75, 3.05) is 13.2 Å². The summed E-state index contributed by atoms with van der Waals surface area (Å²) >= 11 is 0. The lowest BCUT2D eigenvalue weighted by Gasteiger charge is -2.38. The second kappa shape index (κ2) is 9.70. The van der Waals surface area contributed by atoms with Gasteiger partial charge in [-0.1, -0.05) is 53.4 Å². The van der Waals surface area contributed by atoms with Crippen LogP contribution in [0.25, 0.3) is 0 Å². The van der Waals surface area contributed by atoms with E-state index in [1.807, 2.05) is 0 Å². The van der Waals surface area contributed by atoms with Gasteiger partial charge in [-0.25, -0.2) is 0 Å². The monoisotopic (exact) mass is 304 g/mol. The van der Waals surface area contributed by atoms with E-state index >= 15 is 0 Å². The molecule has 0 bridgehead atoms. The Balaban J connectivity index is 5.38. The minimum Gasteiger partial charge on any atom is -0.329 e. The van der Waals surface area contributed by atoms with E-state index < -0.39 is 14.4 Å². The van der Waals surface area contributed by atoms with E-state index in [1.165, 1.54) is 0 Å². The van der Waals surface area contributed by atoms with Gasteiger partial charge in [0.1, 0.15) is 21.3 Å². The van der Waals surface area contributed by atoms with Gasteiger partial charge in [0.2, 0.25) is 6.29 Å². The van der Waals surface area contributed by atoms with Crippen molar-refractivity contribution in [3.63, 3.8) is 0 Å². The summed E-state index contributed by atoms with van der Waals surface area (Å²) < 4.78 is 10.8. The average molecular weight is 305 g/mol. The lowest BCUT2D eigenvalue weighted by Crippen LogP contribution is -2.43. The number of terminal acetylenes is 2. The van der Waals surface area contributed by atoms with Gasteiger partial charge >= 0.3 is 0 Å². The maximum absolute atomic E-state index is 5.42. The molecule has 0 aromatic heterocycles. The normalized spacial score (nSPS) is 11.4. The van der Waals surface area contributed by atoms with Crippen LogP contribution in [0.2, 0.25) is 16.6 Å². The van der Waals surface area contributed by atoms with Crippen LogP contribution < -0.4 is 0 Å². The van der Waals surface area contributed by atoms with Gasteiger partial charge in [-0.3, -0.25) is 0 Å². The Morgan fingerprint density at radius 1 is 0.810 bits per heavy atom. The molecular formula is C18H28O2Si. The molecule has 0 spiro atoms. The minimum atomic E-state index is -1.79. The summed E-state index contributed by atoms with van der Waals surface area (Å²) in [7, 11) is -1.79. The largest absolute Gasteiger partial charge is 0.329 e. The second-order valence-corrected chi connectivity index (χ2v) is 11.6. The smallest absolute Gasteiger partial charge is 0.223 e. The first-order chi connectivity index (χ1) is 9.82. The summed E-state index contributed by atoms with van der Waals surface area (Å²) in [6.07, 6.45) is 9.80. The molecule has 0 rings (SSSR count). The molecule has 0 radical (unpaired) electrons. The molecule has 0 heterocycles. The first-order valence-corrected chi connectivity index (χ1v) is 9.68. The summed E-state index contributed by atoms with van der Waals surface area (Å²) in [4.78, 5) is 0. The Hall–Kier alpha value is -1.18. The Bertz CT molecular complexity index is 401. The molecular weight excluding hydrogens is 276 g/mol. The summed E-state index contributed by atoms with van der Waals surface area (Å²) in [5.41, 5.74) is 5.23. The van der Waals surface area contributed by atoms with Gasteiger partial charge in [0.15, 0.2) is 0 Å². The zero-order valence-electron chi connectivity index (χ0n) is 14.2. The quantitative estimate of drug-likeness (QED) is 0.404. The maximum Gasteiger partial charge on any atom is 0.223 e. The van der Waals surface area contributed by atoms with Crippen molar-refractivity contribution < 1.29 is 9.47 Å². The average Bonchev–Trinajstić information content (AvgIpc) is 2.40. The van der Waals surface area contributed by atoms with E-state index in [0.29, 0.717) is 16.6 Å². The molecule has 0 fully saturated rings. The molecule has 3 heteroatoms. The third kappa shape index (κ3) is 5.60. The third-order valence-corrected chi connectivity index (χ3v) is 10.2. The Kier molecular flexibility index (Phi) is 9.15. The van der Waals surface area contributed by atoms with E-state index in [1.54, 1.807) is 0 Å². The predicted molar refractivity (Wildman–Crippen MR) is 92.2 cm³/mol. The van der Waals surface area contributed by atoms with Crippen LogP contribution in [-0.2, 0) is 9.47 Å². The third-order valence-electron chi connectivity index (χ3n) is 3.91. The van der Waals surface area contributed by atoms with Crippen LogP contribution in [0.4, 0.5) is 0 Å². The van der Waals surface area contributed by atoms with Gasteiger partial charge in [-0.05, 0) is 22.5 Å². The van der Waals surface area contributed by atoms with Gasteiger partial charge in [-0.15, -0.1) is 18.4 Å². The fraction of sp³-hybridized carbons (Fsp3) is 0.667. The van der Waals surface area contributed by atoms with Crippen LogP contribution in [0.1, 0.15) is 41.5 Å². The molecule has 116 valence electrons. The molecule has 0 aliphatic carbocycles. The van der Waals surface area contributed by atoms with Gasteiger partial charge in [0, 0.05) is 0 Å². The fourth-order valence-electron chi connectivity index (χ4n) is 3.00. The molecule has 0 aromatic rings. The first kappa shape index (κ1) is 19.8. The molecule has 2 nitrogen and oxygen atoms in total. The summed E-state index contributed by atoms with van der Waals surface area (Å²) in [6.45, 7) is 13.9. The number of ether oxygens (including phenoxy) is 2. The highest BCUT2D eigenvalue weighted by atomic mass is 28.3. The Morgan fingerprint density at radius 2 is 1.19 bits per heavy atom. The zero-order chi connectivity index (χ0) is 16.5.